The number of aromatic nitrogens is 4. The summed E-state index contributed by atoms with van der Waals surface area (Å²) in [5.74, 6) is 0.755. The van der Waals surface area contributed by atoms with E-state index in [-0.39, 0.29) is 2.85 Å². The van der Waals surface area contributed by atoms with Gasteiger partial charge in [-0.25, -0.2) is 15.0 Å². The lowest BCUT2D eigenvalue weighted by atomic mass is 10.0. The van der Waals surface area contributed by atoms with E-state index < -0.39 is 0 Å². The molecule has 6 heteroatoms. The summed E-state index contributed by atoms with van der Waals surface area (Å²) in [4.78, 5) is 13.6. The molecule has 0 amide bonds. The van der Waals surface area contributed by atoms with E-state index in [0.717, 1.165) is 55.2 Å². The lowest BCUT2D eigenvalue weighted by Gasteiger charge is -2.23. The zero-order valence-electron chi connectivity index (χ0n) is 13.9. The number of imidazole rings is 1. The Bertz CT molecular complexity index is 962. The van der Waals surface area contributed by atoms with Crippen LogP contribution >= 0.6 is 0 Å². The molecule has 1 fully saturated rings. The number of pyridine rings is 1. The molecule has 1 aliphatic heterocycles. The molecule has 0 spiro atoms. The molecule has 0 unspecified atom stereocenters. The number of hydrogen-bond acceptors (Lipinski definition) is 5. The first-order valence-corrected chi connectivity index (χ1v) is 8.83. The maximum absolute atomic E-state index is 4.76. The third kappa shape index (κ3) is 2.68. The van der Waals surface area contributed by atoms with Crippen LogP contribution in [0.2, 0.25) is 0 Å². The van der Waals surface area contributed by atoms with Gasteiger partial charge in [0.1, 0.15) is 5.65 Å². The van der Waals surface area contributed by atoms with Crippen LogP contribution in [0.25, 0.3) is 11.2 Å². The second kappa shape index (κ2) is 5.97. The summed E-state index contributed by atoms with van der Waals surface area (Å²) in [5.41, 5.74) is 5.58. The molecule has 2 N–H and O–H groups in total. The lowest BCUT2D eigenvalue weighted by Crippen LogP contribution is -2.35. The Morgan fingerprint density at radius 3 is 3.04 bits per heavy atom. The summed E-state index contributed by atoms with van der Waals surface area (Å²) in [6.45, 7) is 2.12. The van der Waals surface area contributed by atoms with Gasteiger partial charge < -0.3 is 15.0 Å². The smallest absolute Gasteiger partial charge is 0.223 e. The molecule has 0 radical (unpaired) electrons. The number of rotatable bonds is 3. The average molecular weight is 336 g/mol. The fourth-order valence-electron chi connectivity index (χ4n) is 3.68. The molecule has 1 saturated heterocycles. The van der Waals surface area contributed by atoms with Crippen molar-refractivity contribution < 1.29 is 2.85 Å². The van der Waals surface area contributed by atoms with Gasteiger partial charge in [-0.1, -0.05) is 6.08 Å². The normalized spacial score (nSPS) is 17.5. The van der Waals surface area contributed by atoms with Crippen LogP contribution < -0.4 is 10.6 Å². The molecular formula is C19H24N6. The van der Waals surface area contributed by atoms with Gasteiger partial charge in [0.25, 0.3) is 0 Å². The highest BCUT2D eigenvalue weighted by Crippen LogP contribution is 2.32. The van der Waals surface area contributed by atoms with Crippen LogP contribution in [0.15, 0.2) is 43.0 Å². The molecule has 0 saturated carbocycles. The Balaban J connectivity index is 0.00000105. The van der Waals surface area contributed by atoms with Crippen molar-refractivity contribution in [2.24, 2.45) is 0 Å². The molecule has 1 aliphatic carbocycles. The summed E-state index contributed by atoms with van der Waals surface area (Å²) in [7, 11) is 0. The highest BCUT2D eigenvalue weighted by Gasteiger charge is 2.20. The van der Waals surface area contributed by atoms with Crippen LogP contribution in [0.5, 0.6) is 0 Å². The number of fused-ring (bicyclic) bond motifs is 2. The first-order chi connectivity index (χ1) is 12.4. The minimum Gasteiger partial charge on any atom is -0.351 e. The summed E-state index contributed by atoms with van der Waals surface area (Å²) >= 11 is 0. The van der Waals surface area contributed by atoms with Gasteiger partial charge in [-0.2, -0.15) is 0 Å². The predicted octanol–water partition coefficient (Wildman–Crippen LogP) is 2.77. The minimum atomic E-state index is 0. The van der Waals surface area contributed by atoms with Gasteiger partial charge in [0.2, 0.25) is 5.95 Å². The highest BCUT2D eigenvalue weighted by atomic mass is 15.1. The van der Waals surface area contributed by atoms with Gasteiger partial charge in [-0.15, -0.1) is 0 Å². The molecule has 3 aromatic heterocycles. The van der Waals surface area contributed by atoms with Crippen molar-refractivity contribution >= 4 is 17.2 Å². The maximum Gasteiger partial charge on any atom is 0.223 e. The van der Waals surface area contributed by atoms with Crippen molar-refractivity contribution in [2.45, 2.75) is 25.3 Å². The van der Waals surface area contributed by atoms with E-state index in [9.17, 15) is 0 Å². The number of hydrogen-bond donors (Lipinski definition) is 2. The Morgan fingerprint density at radius 2 is 2.12 bits per heavy atom. The third-order valence-electron chi connectivity index (χ3n) is 5.03. The fraction of sp³-hybridized carbons (Fsp3) is 0.316. The van der Waals surface area contributed by atoms with E-state index in [1.807, 2.05) is 29.1 Å². The van der Waals surface area contributed by atoms with Gasteiger partial charge in [-0.05, 0) is 49.2 Å². The number of allylic oxidation sites excluding steroid dienone is 1. The Labute approximate surface area is 149 Å². The van der Waals surface area contributed by atoms with Crippen LogP contribution in [0.3, 0.4) is 0 Å². The van der Waals surface area contributed by atoms with Crippen molar-refractivity contribution in [1.29, 1.82) is 0 Å². The van der Waals surface area contributed by atoms with Crippen molar-refractivity contribution in [2.75, 3.05) is 18.4 Å². The molecular weight excluding hydrogens is 312 g/mol. The zero-order valence-corrected chi connectivity index (χ0v) is 13.9. The maximum atomic E-state index is 4.76. The number of nitrogens with zero attached hydrogens (tertiary/aromatic N) is 4. The second-order valence-electron chi connectivity index (χ2n) is 6.65. The van der Waals surface area contributed by atoms with E-state index in [2.05, 4.69) is 38.9 Å². The summed E-state index contributed by atoms with van der Waals surface area (Å²) in [6, 6.07) is 4.63. The third-order valence-corrected chi connectivity index (χ3v) is 5.03. The monoisotopic (exact) mass is 336 g/mol. The van der Waals surface area contributed by atoms with E-state index in [1.54, 1.807) is 0 Å². The first-order valence-electron chi connectivity index (χ1n) is 8.83. The van der Waals surface area contributed by atoms with Crippen LogP contribution in [-0.4, -0.2) is 38.5 Å². The molecule has 25 heavy (non-hydrogen) atoms. The van der Waals surface area contributed by atoms with E-state index in [4.69, 9.17) is 4.98 Å². The molecule has 5 rings (SSSR count). The Kier molecular flexibility index (Phi) is 3.48. The van der Waals surface area contributed by atoms with E-state index >= 15 is 0 Å². The van der Waals surface area contributed by atoms with Crippen molar-refractivity contribution in [3.63, 3.8) is 0 Å². The topological polar surface area (TPSA) is 67.1 Å². The van der Waals surface area contributed by atoms with Gasteiger partial charge in [0, 0.05) is 45.7 Å². The fourth-order valence-corrected chi connectivity index (χ4v) is 3.68. The molecule has 3 aromatic rings. The van der Waals surface area contributed by atoms with Crippen LogP contribution in [0, 0.1) is 0 Å². The average Bonchev–Trinajstić information content (AvgIpc) is 3.28. The van der Waals surface area contributed by atoms with Crippen LogP contribution in [0.4, 0.5) is 5.95 Å². The molecule has 0 bridgehead atoms. The van der Waals surface area contributed by atoms with Crippen molar-refractivity contribution in [1.82, 2.24) is 24.7 Å². The largest absolute Gasteiger partial charge is 0.351 e. The highest BCUT2D eigenvalue weighted by molar-refractivity contribution is 5.83. The summed E-state index contributed by atoms with van der Waals surface area (Å²) < 4.78 is 2.04. The van der Waals surface area contributed by atoms with E-state index in [0.29, 0.717) is 6.04 Å². The first kappa shape index (κ1) is 14.6. The molecule has 2 aliphatic rings. The van der Waals surface area contributed by atoms with Gasteiger partial charge in [-0.3, -0.25) is 0 Å². The summed E-state index contributed by atoms with van der Waals surface area (Å²) in [5, 5.41) is 6.87. The van der Waals surface area contributed by atoms with Gasteiger partial charge in [0.05, 0.1) is 5.69 Å². The minimum absolute atomic E-state index is 0. The SMILES string of the molecule is C1=C(c2ccc3nccn3c2)c2cnc(NC3CCNCC3)nc2C1.[HH].[HH]. The van der Waals surface area contributed by atoms with Crippen LogP contribution in [0.1, 0.15) is 32.5 Å². The number of piperidine rings is 1. The van der Waals surface area contributed by atoms with Gasteiger partial charge >= 0.3 is 0 Å². The number of nitrogens with one attached hydrogen (secondary N) is 2. The Hall–Kier alpha value is -2.73. The van der Waals surface area contributed by atoms with Crippen LogP contribution in [-0.2, 0) is 6.42 Å². The lowest BCUT2D eigenvalue weighted by molar-refractivity contribution is 0.477. The molecule has 6 nitrogen and oxygen atoms in total. The van der Waals surface area contributed by atoms with Crippen molar-refractivity contribution in [3.8, 4) is 0 Å². The molecule has 130 valence electrons. The van der Waals surface area contributed by atoms with Gasteiger partial charge in [0.15, 0.2) is 0 Å². The standard InChI is InChI=1S/C19H20N6.2H2/c1-4-18-21-9-10-25(18)12-13(1)15-2-3-17-16(15)11-22-19(24-17)23-14-5-7-20-8-6-14;;/h1-2,4,9-12,14,20H,3,5-8H2,(H,22,23,24);2*1H. The second-order valence-corrected chi connectivity index (χ2v) is 6.65. The van der Waals surface area contributed by atoms with Crippen molar-refractivity contribution in [3.05, 3.63) is 59.8 Å². The molecule has 0 atom stereocenters. The Morgan fingerprint density at radius 1 is 1.20 bits per heavy atom. The quantitative estimate of drug-likeness (QED) is 0.770. The molecule has 0 aromatic carbocycles. The zero-order chi connectivity index (χ0) is 16.6. The summed E-state index contributed by atoms with van der Waals surface area (Å²) in [6.07, 6.45) is 13.2. The predicted molar refractivity (Wildman–Crippen MR) is 102 cm³/mol. The number of anilines is 1. The van der Waals surface area contributed by atoms with E-state index in [1.165, 1.54) is 11.1 Å². The molecule has 4 heterocycles.